The van der Waals surface area contributed by atoms with Gasteiger partial charge in [0, 0.05) is 26.4 Å². The van der Waals surface area contributed by atoms with Crippen LogP contribution in [-0.4, -0.2) is 30.8 Å². The molecule has 0 aliphatic carbocycles. The summed E-state index contributed by atoms with van der Waals surface area (Å²) in [7, 11) is 1.78. The van der Waals surface area contributed by atoms with Crippen LogP contribution in [0.25, 0.3) is 0 Å². The zero-order valence-electron chi connectivity index (χ0n) is 9.74. The SMILES string of the molecule is COC1(C)CCCN(c2ccc(Cl)cn2)C1. The summed E-state index contributed by atoms with van der Waals surface area (Å²) in [6.45, 7) is 4.07. The molecule has 88 valence electrons. The lowest BCUT2D eigenvalue weighted by Crippen LogP contribution is -2.47. The zero-order valence-corrected chi connectivity index (χ0v) is 10.5. The van der Waals surface area contributed by atoms with Gasteiger partial charge in [0.05, 0.1) is 10.6 Å². The minimum atomic E-state index is -0.0560. The van der Waals surface area contributed by atoms with Crippen molar-refractivity contribution in [3.63, 3.8) is 0 Å². The van der Waals surface area contributed by atoms with Gasteiger partial charge >= 0.3 is 0 Å². The molecule has 0 radical (unpaired) electrons. The Kier molecular flexibility index (Phi) is 3.36. The van der Waals surface area contributed by atoms with E-state index >= 15 is 0 Å². The highest BCUT2D eigenvalue weighted by Gasteiger charge is 2.31. The number of rotatable bonds is 2. The molecule has 1 aliphatic heterocycles. The Hall–Kier alpha value is -0.800. The maximum Gasteiger partial charge on any atom is 0.128 e. The van der Waals surface area contributed by atoms with Gasteiger partial charge in [-0.25, -0.2) is 4.98 Å². The molecule has 1 unspecified atom stereocenters. The summed E-state index contributed by atoms with van der Waals surface area (Å²) in [4.78, 5) is 6.59. The molecule has 0 bridgehead atoms. The third kappa shape index (κ3) is 2.47. The number of halogens is 1. The third-order valence-corrected chi connectivity index (χ3v) is 3.41. The minimum absolute atomic E-state index is 0.0560. The van der Waals surface area contributed by atoms with Crippen LogP contribution in [0.5, 0.6) is 0 Å². The van der Waals surface area contributed by atoms with Gasteiger partial charge in [-0.3, -0.25) is 0 Å². The normalized spacial score (nSPS) is 25.8. The largest absolute Gasteiger partial charge is 0.377 e. The Balaban J connectivity index is 2.12. The third-order valence-electron chi connectivity index (χ3n) is 3.19. The monoisotopic (exact) mass is 240 g/mol. The molecule has 16 heavy (non-hydrogen) atoms. The fraction of sp³-hybridized carbons (Fsp3) is 0.583. The predicted octanol–water partition coefficient (Wildman–Crippen LogP) is 2.74. The molecule has 0 aromatic carbocycles. The molecule has 0 amide bonds. The standard InChI is InChI=1S/C12H17ClN2O/c1-12(16-2)6-3-7-15(9-12)11-5-4-10(13)8-14-11/h4-5,8H,3,6-7,9H2,1-2H3. The first-order valence-electron chi connectivity index (χ1n) is 5.55. The van der Waals surface area contributed by atoms with E-state index in [1.807, 2.05) is 12.1 Å². The fourth-order valence-corrected chi connectivity index (χ4v) is 2.23. The van der Waals surface area contributed by atoms with Crippen LogP contribution in [-0.2, 0) is 4.74 Å². The van der Waals surface area contributed by atoms with Crippen LogP contribution in [0.15, 0.2) is 18.3 Å². The second-order valence-corrected chi connectivity index (χ2v) is 4.95. The molecular formula is C12H17ClN2O. The number of piperidine rings is 1. The van der Waals surface area contributed by atoms with E-state index in [1.54, 1.807) is 13.3 Å². The maximum absolute atomic E-state index is 5.83. The first kappa shape index (κ1) is 11.7. The van der Waals surface area contributed by atoms with Crippen molar-refractivity contribution >= 4 is 17.4 Å². The van der Waals surface area contributed by atoms with Crippen molar-refractivity contribution in [2.24, 2.45) is 0 Å². The van der Waals surface area contributed by atoms with Crippen molar-refractivity contribution < 1.29 is 4.74 Å². The average Bonchev–Trinajstić information content (AvgIpc) is 2.30. The molecule has 0 N–H and O–H groups in total. The summed E-state index contributed by atoms with van der Waals surface area (Å²) in [5.74, 6) is 0.979. The van der Waals surface area contributed by atoms with Gasteiger partial charge in [0.15, 0.2) is 0 Å². The molecule has 1 atom stereocenters. The zero-order chi connectivity index (χ0) is 11.6. The van der Waals surface area contributed by atoms with Crippen molar-refractivity contribution in [2.45, 2.75) is 25.4 Å². The molecule has 1 saturated heterocycles. The number of methoxy groups -OCH3 is 1. The molecule has 1 fully saturated rings. The second kappa shape index (κ2) is 4.60. The van der Waals surface area contributed by atoms with Crippen LogP contribution in [0.3, 0.4) is 0 Å². The van der Waals surface area contributed by atoms with Crippen LogP contribution >= 0.6 is 11.6 Å². The summed E-state index contributed by atoms with van der Waals surface area (Å²) < 4.78 is 5.56. The quantitative estimate of drug-likeness (QED) is 0.795. The Bertz CT molecular complexity index is 355. The van der Waals surface area contributed by atoms with Crippen LogP contribution in [0.4, 0.5) is 5.82 Å². The van der Waals surface area contributed by atoms with Crippen molar-refractivity contribution in [1.29, 1.82) is 0 Å². The summed E-state index contributed by atoms with van der Waals surface area (Å²) in [5, 5.41) is 0.676. The van der Waals surface area contributed by atoms with Gasteiger partial charge < -0.3 is 9.64 Å². The maximum atomic E-state index is 5.83. The second-order valence-electron chi connectivity index (χ2n) is 4.51. The number of anilines is 1. The van der Waals surface area contributed by atoms with Gasteiger partial charge in [-0.2, -0.15) is 0 Å². The van der Waals surface area contributed by atoms with Gasteiger partial charge in [0.2, 0.25) is 0 Å². The fourth-order valence-electron chi connectivity index (χ4n) is 2.12. The van der Waals surface area contributed by atoms with Crippen molar-refractivity contribution in [3.05, 3.63) is 23.4 Å². The van der Waals surface area contributed by atoms with E-state index in [0.717, 1.165) is 31.7 Å². The average molecular weight is 241 g/mol. The molecule has 4 heteroatoms. The first-order chi connectivity index (χ1) is 7.63. The molecule has 2 rings (SSSR count). The Labute approximate surface area is 101 Å². The number of pyridine rings is 1. The van der Waals surface area contributed by atoms with Crippen LogP contribution in [0.1, 0.15) is 19.8 Å². The predicted molar refractivity (Wildman–Crippen MR) is 66.1 cm³/mol. The smallest absolute Gasteiger partial charge is 0.128 e. The van der Waals surface area contributed by atoms with E-state index < -0.39 is 0 Å². The molecule has 1 aromatic heterocycles. The molecular weight excluding hydrogens is 224 g/mol. The van der Waals surface area contributed by atoms with Gasteiger partial charge in [-0.15, -0.1) is 0 Å². The molecule has 1 aliphatic rings. The molecule has 0 saturated carbocycles. The van der Waals surface area contributed by atoms with Gasteiger partial charge in [-0.1, -0.05) is 11.6 Å². The number of hydrogen-bond acceptors (Lipinski definition) is 3. The number of hydrogen-bond donors (Lipinski definition) is 0. The molecule has 1 aromatic rings. The Morgan fingerprint density at radius 3 is 2.94 bits per heavy atom. The van der Waals surface area contributed by atoms with Crippen molar-refractivity contribution in [3.8, 4) is 0 Å². The summed E-state index contributed by atoms with van der Waals surface area (Å²) in [6, 6.07) is 3.84. The van der Waals surface area contributed by atoms with Crippen molar-refractivity contribution in [1.82, 2.24) is 4.98 Å². The summed E-state index contributed by atoms with van der Waals surface area (Å²) in [5.41, 5.74) is -0.0560. The highest BCUT2D eigenvalue weighted by molar-refractivity contribution is 6.30. The van der Waals surface area contributed by atoms with E-state index in [9.17, 15) is 0 Å². The Morgan fingerprint density at radius 1 is 1.50 bits per heavy atom. The topological polar surface area (TPSA) is 25.4 Å². The number of nitrogens with zero attached hydrogens (tertiary/aromatic N) is 2. The van der Waals surface area contributed by atoms with Crippen LogP contribution < -0.4 is 4.90 Å². The first-order valence-corrected chi connectivity index (χ1v) is 5.92. The number of ether oxygens (including phenoxy) is 1. The van der Waals surface area contributed by atoms with Gasteiger partial charge in [0.1, 0.15) is 5.82 Å². The highest BCUT2D eigenvalue weighted by atomic mass is 35.5. The molecule has 0 spiro atoms. The van der Waals surface area contributed by atoms with E-state index in [2.05, 4.69) is 16.8 Å². The van der Waals surface area contributed by atoms with E-state index in [-0.39, 0.29) is 5.60 Å². The van der Waals surface area contributed by atoms with Gasteiger partial charge in [0.25, 0.3) is 0 Å². The lowest BCUT2D eigenvalue weighted by molar-refractivity contribution is -0.00481. The molecule has 2 heterocycles. The minimum Gasteiger partial charge on any atom is -0.377 e. The number of aromatic nitrogens is 1. The van der Waals surface area contributed by atoms with Gasteiger partial charge in [-0.05, 0) is 31.9 Å². The summed E-state index contributed by atoms with van der Waals surface area (Å²) >= 11 is 5.83. The van der Waals surface area contributed by atoms with Crippen molar-refractivity contribution in [2.75, 3.05) is 25.1 Å². The van der Waals surface area contributed by atoms with E-state index in [4.69, 9.17) is 16.3 Å². The Morgan fingerprint density at radius 2 is 2.31 bits per heavy atom. The van der Waals surface area contributed by atoms with E-state index in [1.165, 1.54) is 0 Å². The van der Waals surface area contributed by atoms with Crippen LogP contribution in [0.2, 0.25) is 5.02 Å². The summed E-state index contributed by atoms with van der Waals surface area (Å²) in [6.07, 6.45) is 3.93. The lowest BCUT2D eigenvalue weighted by atomic mass is 9.95. The molecule has 3 nitrogen and oxygen atoms in total. The highest BCUT2D eigenvalue weighted by Crippen LogP contribution is 2.27. The lowest BCUT2D eigenvalue weighted by Gasteiger charge is -2.40. The van der Waals surface area contributed by atoms with Crippen LogP contribution in [0, 0.1) is 0 Å². The van der Waals surface area contributed by atoms with E-state index in [0.29, 0.717) is 5.02 Å².